The summed E-state index contributed by atoms with van der Waals surface area (Å²) in [6.45, 7) is 8.22. The number of hydrogen-bond donors (Lipinski definition) is 0. The molecule has 2 aromatic carbocycles. The Kier molecular flexibility index (Phi) is 5.44. The second-order valence-corrected chi connectivity index (χ2v) is 7.28. The zero-order valence-electron chi connectivity index (χ0n) is 16.4. The van der Waals surface area contributed by atoms with Gasteiger partial charge in [0.25, 0.3) is 5.69 Å². The number of rotatable bonds is 6. The Labute approximate surface area is 162 Å². The lowest BCUT2D eigenvalue weighted by atomic mass is 10.1. The average molecular weight is 381 g/mol. The molecule has 0 bridgehead atoms. The van der Waals surface area contributed by atoms with Crippen LogP contribution in [-0.4, -0.2) is 21.2 Å². The van der Waals surface area contributed by atoms with Crippen molar-refractivity contribution in [3.05, 3.63) is 52.1 Å². The van der Waals surface area contributed by atoms with E-state index >= 15 is 0 Å². The zero-order valence-corrected chi connectivity index (χ0v) is 16.4. The van der Waals surface area contributed by atoms with Crippen molar-refractivity contribution in [2.75, 3.05) is 0 Å². The summed E-state index contributed by atoms with van der Waals surface area (Å²) in [6.07, 6.45) is 1.00. The monoisotopic (exact) mass is 381 g/mol. The number of hydrogen-bond acceptors (Lipinski definition) is 5. The van der Waals surface area contributed by atoms with Crippen LogP contribution in [0.15, 0.2) is 41.6 Å². The van der Waals surface area contributed by atoms with Crippen LogP contribution in [0, 0.1) is 16.0 Å². The molecule has 3 aromatic rings. The molecule has 7 nitrogen and oxygen atoms in total. The van der Waals surface area contributed by atoms with E-state index in [1.807, 2.05) is 24.3 Å². The number of carbonyl (C=O) groups excluding carboxylic acids is 1. The topological polar surface area (TPSA) is 86.7 Å². The van der Waals surface area contributed by atoms with Crippen LogP contribution < -0.4 is 0 Å². The molecule has 0 amide bonds. The Balaban J connectivity index is 2.21. The third-order valence-corrected chi connectivity index (χ3v) is 4.72. The van der Waals surface area contributed by atoms with Crippen LogP contribution in [0.25, 0.3) is 21.8 Å². The van der Waals surface area contributed by atoms with Gasteiger partial charge in [-0.15, -0.1) is 0 Å². The quantitative estimate of drug-likeness (QED) is 0.259. The van der Waals surface area contributed by atoms with Crippen LogP contribution in [0.1, 0.15) is 39.7 Å². The van der Waals surface area contributed by atoms with Crippen molar-refractivity contribution in [3.63, 3.8) is 0 Å². The van der Waals surface area contributed by atoms with Gasteiger partial charge in [-0.2, -0.15) is 0 Å². The van der Waals surface area contributed by atoms with Crippen molar-refractivity contribution < 1.29 is 14.6 Å². The molecule has 0 unspecified atom stereocenters. The first kappa shape index (κ1) is 19.5. The van der Waals surface area contributed by atoms with Crippen LogP contribution >= 0.6 is 0 Å². The molecular weight excluding hydrogens is 358 g/mol. The van der Waals surface area contributed by atoms with Gasteiger partial charge in [0.2, 0.25) is 0 Å². The van der Waals surface area contributed by atoms with Gasteiger partial charge in [-0.25, -0.2) is 4.79 Å². The van der Waals surface area contributed by atoms with Crippen LogP contribution in [0.3, 0.4) is 0 Å². The fourth-order valence-electron chi connectivity index (χ4n) is 3.24. The number of nitrogens with zero attached hydrogens (tertiary/aromatic N) is 3. The van der Waals surface area contributed by atoms with Crippen LogP contribution in [0.5, 0.6) is 0 Å². The van der Waals surface area contributed by atoms with Gasteiger partial charge in [0, 0.05) is 47.4 Å². The fraction of sp³-hybridized carbons (Fsp3) is 0.333. The Hall–Kier alpha value is -3.22. The summed E-state index contributed by atoms with van der Waals surface area (Å²) in [5.41, 5.74) is 3.40. The van der Waals surface area contributed by atoms with Gasteiger partial charge in [0.05, 0.1) is 10.6 Å². The average Bonchev–Trinajstić information content (AvgIpc) is 2.96. The maximum Gasteiger partial charge on any atom is 0.331 e. The van der Waals surface area contributed by atoms with Crippen molar-refractivity contribution in [2.45, 2.75) is 40.7 Å². The van der Waals surface area contributed by atoms with Crippen molar-refractivity contribution in [1.29, 1.82) is 0 Å². The van der Waals surface area contributed by atoms with Gasteiger partial charge < -0.3 is 9.40 Å². The van der Waals surface area contributed by atoms with E-state index in [0.717, 1.165) is 40.3 Å². The molecule has 0 aliphatic rings. The molecule has 0 N–H and O–H groups in total. The first-order chi connectivity index (χ1) is 13.3. The number of aromatic nitrogens is 1. The molecule has 0 aliphatic heterocycles. The van der Waals surface area contributed by atoms with E-state index in [-0.39, 0.29) is 10.6 Å². The van der Waals surface area contributed by atoms with Crippen molar-refractivity contribution in [3.8, 4) is 0 Å². The molecule has 7 heteroatoms. The molecule has 0 spiro atoms. The van der Waals surface area contributed by atoms with Gasteiger partial charge in [0.15, 0.2) is 0 Å². The summed E-state index contributed by atoms with van der Waals surface area (Å²) in [5.74, 6) is 0.0595. The number of aryl methyl sites for hydroxylation is 1. The molecule has 1 aromatic heterocycles. The third-order valence-electron chi connectivity index (χ3n) is 4.72. The first-order valence-electron chi connectivity index (χ1n) is 9.21. The maximum atomic E-state index is 11.3. The standard InChI is InChI=1S/C21H23N3O4/c1-13(2)9-10-23-20-7-5-16(14(3)22-28-15(4)25)11-18(20)19-12-17(24(26)27)6-8-21(19)23/h5-8,11-13H,9-10H2,1-4H3. The summed E-state index contributed by atoms with van der Waals surface area (Å²) < 4.78 is 2.21. The van der Waals surface area contributed by atoms with E-state index < -0.39 is 5.97 Å². The summed E-state index contributed by atoms with van der Waals surface area (Å²) in [5, 5.41) is 16.8. The highest BCUT2D eigenvalue weighted by Gasteiger charge is 2.16. The Morgan fingerprint density at radius 3 is 2.39 bits per heavy atom. The van der Waals surface area contributed by atoms with Crippen LogP contribution in [-0.2, 0) is 16.2 Å². The predicted molar refractivity (Wildman–Crippen MR) is 110 cm³/mol. The number of nitro groups is 1. The molecule has 0 aliphatic carbocycles. The van der Waals surface area contributed by atoms with Gasteiger partial charge in [-0.1, -0.05) is 25.1 Å². The molecular formula is C21H23N3O4. The number of benzene rings is 2. The lowest BCUT2D eigenvalue weighted by molar-refractivity contribution is -0.384. The Morgan fingerprint density at radius 1 is 1.14 bits per heavy atom. The molecule has 3 rings (SSSR count). The van der Waals surface area contributed by atoms with E-state index in [0.29, 0.717) is 11.6 Å². The van der Waals surface area contributed by atoms with Crippen LogP contribution in [0.2, 0.25) is 0 Å². The maximum absolute atomic E-state index is 11.3. The number of fused-ring (bicyclic) bond motifs is 3. The smallest absolute Gasteiger partial charge is 0.331 e. The normalized spacial score (nSPS) is 12.1. The summed E-state index contributed by atoms with van der Waals surface area (Å²) in [4.78, 5) is 26.6. The van der Waals surface area contributed by atoms with Gasteiger partial charge in [-0.3, -0.25) is 10.1 Å². The summed E-state index contributed by atoms with van der Waals surface area (Å²) in [7, 11) is 0. The summed E-state index contributed by atoms with van der Waals surface area (Å²) >= 11 is 0. The number of non-ortho nitro benzene ring substituents is 1. The highest BCUT2D eigenvalue weighted by molar-refractivity contribution is 6.12. The predicted octanol–water partition coefficient (Wildman–Crippen LogP) is 5.04. The van der Waals surface area contributed by atoms with E-state index in [9.17, 15) is 14.9 Å². The van der Waals surface area contributed by atoms with Crippen molar-refractivity contribution >= 4 is 39.2 Å². The molecule has 0 saturated carbocycles. The number of nitro benzene ring substituents is 1. The van der Waals surface area contributed by atoms with Gasteiger partial charge in [0.1, 0.15) is 0 Å². The number of oxime groups is 1. The lowest BCUT2D eigenvalue weighted by Crippen LogP contribution is -2.02. The fourth-order valence-corrected chi connectivity index (χ4v) is 3.24. The molecule has 146 valence electrons. The highest BCUT2D eigenvalue weighted by atomic mass is 16.7. The first-order valence-corrected chi connectivity index (χ1v) is 9.21. The zero-order chi connectivity index (χ0) is 20.4. The second-order valence-electron chi connectivity index (χ2n) is 7.28. The molecule has 28 heavy (non-hydrogen) atoms. The largest absolute Gasteiger partial charge is 0.340 e. The SMILES string of the molecule is CC(=O)ON=C(C)c1ccc2c(c1)c1cc([N+](=O)[O-])ccc1n2CCC(C)C. The van der Waals surface area contributed by atoms with E-state index in [2.05, 4.69) is 23.6 Å². The lowest BCUT2D eigenvalue weighted by Gasteiger charge is -2.10. The molecule has 1 heterocycles. The summed E-state index contributed by atoms with van der Waals surface area (Å²) in [6, 6.07) is 10.8. The minimum absolute atomic E-state index is 0.0612. The molecule has 0 saturated heterocycles. The Bertz CT molecular complexity index is 1100. The number of carbonyl (C=O) groups is 1. The van der Waals surface area contributed by atoms with Crippen molar-refractivity contribution in [2.24, 2.45) is 11.1 Å². The molecule has 0 atom stereocenters. The van der Waals surface area contributed by atoms with Gasteiger partial charge in [-0.05, 0) is 43.0 Å². The van der Waals surface area contributed by atoms with Crippen molar-refractivity contribution in [1.82, 2.24) is 4.57 Å². The van der Waals surface area contributed by atoms with E-state index in [1.54, 1.807) is 19.1 Å². The van der Waals surface area contributed by atoms with E-state index in [1.165, 1.54) is 6.92 Å². The minimum atomic E-state index is -0.485. The Morgan fingerprint density at radius 2 is 1.79 bits per heavy atom. The van der Waals surface area contributed by atoms with E-state index in [4.69, 9.17) is 4.84 Å². The molecule has 0 fully saturated rings. The third kappa shape index (κ3) is 3.88. The second kappa shape index (κ2) is 7.80. The highest BCUT2D eigenvalue weighted by Crippen LogP contribution is 2.33. The minimum Gasteiger partial charge on any atom is -0.340 e. The van der Waals surface area contributed by atoms with Crippen LogP contribution in [0.4, 0.5) is 5.69 Å². The molecule has 0 radical (unpaired) electrons. The van der Waals surface area contributed by atoms with Gasteiger partial charge >= 0.3 is 5.97 Å².